The van der Waals surface area contributed by atoms with E-state index in [2.05, 4.69) is 36.1 Å². The van der Waals surface area contributed by atoms with Crippen LogP contribution in [-0.2, 0) is 4.79 Å². The molecule has 1 aliphatic heterocycles. The molecule has 4 rings (SSSR count). The molecule has 2 aliphatic rings. The van der Waals surface area contributed by atoms with Gasteiger partial charge in [0.1, 0.15) is 11.7 Å². The first kappa shape index (κ1) is 14.6. The molecule has 1 saturated carbocycles. The summed E-state index contributed by atoms with van der Waals surface area (Å²) in [5.41, 5.74) is 0.681. The largest absolute Gasteiger partial charge is 0.340 e. The van der Waals surface area contributed by atoms with Gasteiger partial charge in [-0.15, -0.1) is 0 Å². The van der Waals surface area contributed by atoms with E-state index in [0.717, 1.165) is 18.7 Å². The van der Waals surface area contributed by atoms with Crippen LogP contribution in [0.1, 0.15) is 32.6 Å². The van der Waals surface area contributed by atoms with Crippen molar-refractivity contribution >= 4 is 33.3 Å². The van der Waals surface area contributed by atoms with Gasteiger partial charge in [-0.1, -0.05) is 12.8 Å². The second-order valence-corrected chi connectivity index (χ2v) is 6.69. The molecule has 7 nitrogen and oxygen atoms in total. The van der Waals surface area contributed by atoms with Crippen LogP contribution in [0.25, 0.3) is 5.95 Å². The Morgan fingerprint density at radius 2 is 2.09 bits per heavy atom. The Balaban J connectivity index is 1.81. The highest BCUT2D eigenvalue weighted by Gasteiger charge is 2.37. The Morgan fingerprint density at radius 1 is 1.30 bits per heavy atom. The summed E-state index contributed by atoms with van der Waals surface area (Å²) in [6.45, 7) is 1.94. The minimum Gasteiger partial charge on any atom is -0.340 e. The third-order valence-electron chi connectivity index (χ3n) is 4.58. The quantitative estimate of drug-likeness (QED) is 0.871. The lowest BCUT2D eigenvalue weighted by molar-refractivity contribution is -0.117. The average molecular weight is 377 g/mol. The second-order valence-electron chi connectivity index (χ2n) is 5.98. The number of carbonyl (C=O) groups is 1. The number of hydrogen-bond donors (Lipinski definition) is 1. The molecule has 120 valence electrons. The van der Waals surface area contributed by atoms with Gasteiger partial charge in [-0.25, -0.2) is 9.97 Å². The summed E-state index contributed by atoms with van der Waals surface area (Å²) in [6, 6.07) is 0.142. The van der Waals surface area contributed by atoms with Crippen molar-refractivity contribution in [3.8, 4) is 5.95 Å². The maximum atomic E-state index is 12.3. The number of anilines is 2. The Labute approximate surface area is 142 Å². The summed E-state index contributed by atoms with van der Waals surface area (Å²) < 4.78 is 2.42. The number of halogens is 1. The van der Waals surface area contributed by atoms with E-state index in [1.54, 1.807) is 23.2 Å². The summed E-state index contributed by atoms with van der Waals surface area (Å²) in [7, 11) is 0. The highest BCUT2D eigenvalue weighted by Crippen LogP contribution is 2.36. The van der Waals surface area contributed by atoms with Gasteiger partial charge in [0.2, 0.25) is 11.9 Å². The van der Waals surface area contributed by atoms with Crippen molar-refractivity contribution in [1.29, 1.82) is 0 Å². The SMILES string of the molecule is C[C@@H]1C(=O)Nc2cnc(-n3ccnc3Br)nc2N1C1CCCC1. The van der Waals surface area contributed by atoms with Crippen molar-refractivity contribution in [2.45, 2.75) is 44.7 Å². The van der Waals surface area contributed by atoms with Crippen LogP contribution < -0.4 is 10.2 Å². The average Bonchev–Trinajstić information content (AvgIpc) is 3.20. The number of nitrogens with one attached hydrogen (secondary N) is 1. The number of rotatable bonds is 2. The lowest BCUT2D eigenvalue weighted by Gasteiger charge is -2.39. The minimum absolute atomic E-state index is 0.00422. The van der Waals surface area contributed by atoms with E-state index < -0.39 is 0 Å². The number of nitrogens with zero attached hydrogens (tertiary/aromatic N) is 5. The molecule has 2 aromatic heterocycles. The number of fused-ring (bicyclic) bond motifs is 1. The predicted octanol–water partition coefficient (Wildman–Crippen LogP) is 2.51. The van der Waals surface area contributed by atoms with E-state index in [0.29, 0.717) is 22.4 Å². The third-order valence-corrected chi connectivity index (χ3v) is 5.17. The lowest BCUT2D eigenvalue weighted by atomic mass is 10.1. The predicted molar refractivity (Wildman–Crippen MR) is 89.7 cm³/mol. The molecule has 0 unspecified atom stereocenters. The van der Waals surface area contributed by atoms with E-state index in [1.165, 1.54) is 12.8 Å². The molecule has 1 N–H and O–H groups in total. The molecule has 2 aromatic rings. The maximum Gasteiger partial charge on any atom is 0.246 e. The fraction of sp³-hybridized carbons (Fsp3) is 0.467. The number of amides is 1. The summed E-state index contributed by atoms with van der Waals surface area (Å²) in [6.07, 6.45) is 9.78. The normalized spacial score (nSPS) is 21.4. The Hall–Kier alpha value is -1.96. The first-order valence-electron chi connectivity index (χ1n) is 7.80. The molecule has 3 heterocycles. The van der Waals surface area contributed by atoms with Gasteiger partial charge in [0.05, 0.1) is 6.20 Å². The Morgan fingerprint density at radius 3 is 2.78 bits per heavy atom. The highest BCUT2D eigenvalue weighted by molar-refractivity contribution is 9.10. The fourth-order valence-corrected chi connectivity index (χ4v) is 3.81. The molecule has 0 aromatic carbocycles. The van der Waals surface area contributed by atoms with Gasteiger partial charge < -0.3 is 10.2 Å². The van der Waals surface area contributed by atoms with E-state index in [1.807, 2.05) is 6.92 Å². The molecule has 23 heavy (non-hydrogen) atoms. The number of aromatic nitrogens is 4. The van der Waals surface area contributed by atoms with Crippen molar-refractivity contribution in [2.24, 2.45) is 0 Å². The smallest absolute Gasteiger partial charge is 0.246 e. The van der Waals surface area contributed by atoms with E-state index in [9.17, 15) is 4.79 Å². The molecule has 0 spiro atoms. The molecule has 0 bridgehead atoms. The van der Waals surface area contributed by atoms with Gasteiger partial charge in [-0.2, -0.15) is 4.98 Å². The third kappa shape index (κ3) is 2.41. The van der Waals surface area contributed by atoms with Crippen LogP contribution in [-0.4, -0.2) is 37.5 Å². The highest BCUT2D eigenvalue weighted by atomic mass is 79.9. The van der Waals surface area contributed by atoms with Crippen molar-refractivity contribution in [3.05, 3.63) is 23.3 Å². The zero-order valence-corrected chi connectivity index (χ0v) is 14.3. The van der Waals surface area contributed by atoms with Crippen LogP contribution in [0.4, 0.5) is 11.5 Å². The van der Waals surface area contributed by atoms with E-state index in [4.69, 9.17) is 4.98 Å². The monoisotopic (exact) mass is 376 g/mol. The van der Waals surface area contributed by atoms with Crippen LogP contribution in [0, 0.1) is 0 Å². The Kier molecular flexibility index (Phi) is 3.56. The fourth-order valence-electron chi connectivity index (χ4n) is 3.42. The summed E-state index contributed by atoms with van der Waals surface area (Å²) >= 11 is 3.39. The van der Waals surface area contributed by atoms with Crippen molar-refractivity contribution in [1.82, 2.24) is 19.5 Å². The number of carbonyl (C=O) groups excluding carboxylic acids is 1. The summed E-state index contributed by atoms with van der Waals surface area (Å²) in [5, 5.41) is 2.91. The zero-order chi connectivity index (χ0) is 16.0. The molecular weight excluding hydrogens is 360 g/mol. The number of imidazole rings is 1. The lowest BCUT2D eigenvalue weighted by Crippen LogP contribution is -2.51. The summed E-state index contributed by atoms with van der Waals surface area (Å²) in [5.74, 6) is 1.35. The van der Waals surface area contributed by atoms with Gasteiger partial charge in [-0.05, 0) is 35.7 Å². The summed E-state index contributed by atoms with van der Waals surface area (Å²) in [4.78, 5) is 27.6. The van der Waals surface area contributed by atoms with E-state index >= 15 is 0 Å². The van der Waals surface area contributed by atoms with Gasteiger partial charge in [-0.3, -0.25) is 9.36 Å². The zero-order valence-electron chi connectivity index (χ0n) is 12.7. The van der Waals surface area contributed by atoms with Crippen LogP contribution in [0.2, 0.25) is 0 Å². The number of hydrogen-bond acceptors (Lipinski definition) is 5. The van der Waals surface area contributed by atoms with Crippen LogP contribution in [0.3, 0.4) is 0 Å². The molecule has 1 amide bonds. The van der Waals surface area contributed by atoms with E-state index in [-0.39, 0.29) is 11.9 Å². The minimum atomic E-state index is -0.223. The molecule has 8 heteroatoms. The van der Waals surface area contributed by atoms with Crippen LogP contribution in [0.5, 0.6) is 0 Å². The Bertz CT molecular complexity index is 754. The van der Waals surface area contributed by atoms with Crippen molar-refractivity contribution < 1.29 is 4.79 Å². The van der Waals surface area contributed by atoms with Gasteiger partial charge in [0, 0.05) is 18.4 Å². The molecule has 0 saturated heterocycles. The maximum absolute atomic E-state index is 12.3. The molecule has 1 aliphatic carbocycles. The van der Waals surface area contributed by atoms with Crippen molar-refractivity contribution in [3.63, 3.8) is 0 Å². The first-order valence-corrected chi connectivity index (χ1v) is 8.60. The second kappa shape index (κ2) is 5.59. The molecular formula is C15H17BrN6O. The van der Waals surface area contributed by atoms with Gasteiger partial charge in [0.25, 0.3) is 0 Å². The molecule has 0 radical (unpaired) electrons. The molecule has 1 fully saturated rings. The van der Waals surface area contributed by atoms with Crippen LogP contribution in [0.15, 0.2) is 23.3 Å². The van der Waals surface area contributed by atoms with Crippen molar-refractivity contribution in [2.75, 3.05) is 10.2 Å². The first-order chi connectivity index (χ1) is 11.1. The van der Waals surface area contributed by atoms with Gasteiger partial charge >= 0.3 is 0 Å². The topological polar surface area (TPSA) is 75.9 Å². The van der Waals surface area contributed by atoms with Gasteiger partial charge in [0.15, 0.2) is 10.6 Å². The standard InChI is InChI=1S/C15H17BrN6O/c1-9-13(23)19-11-8-18-15(21-7-6-17-14(21)16)20-12(11)22(9)10-4-2-3-5-10/h6-10H,2-5H2,1H3,(H,19,23)/t9-/m1/s1. The molecule has 1 atom stereocenters. The van der Waals surface area contributed by atoms with Crippen LogP contribution >= 0.6 is 15.9 Å².